The van der Waals surface area contributed by atoms with Gasteiger partial charge in [-0.1, -0.05) is 12.1 Å². The molecular formula is C19H19FN2O5. The van der Waals surface area contributed by atoms with Crippen LogP contribution in [0.25, 0.3) is 0 Å². The molecule has 0 aliphatic carbocycles. The molecule has 8 heteroatoms. The van der Waals surface area contributed by atoms with Gasteiger partial charge in [-0.3, -0.25) is 4.79 Å². The lowest BCUT2D eigenvalue weighted by molar-refractivity contribution is -0.157. The van der Waals surface area contributed by atoms with Crippen LogP contribution in [0, 0.1) is 11.2 Å². The van der Waals surface area contributed by atoms with Gasteiger partial charge in [0, 0.05) is 19.3 Å². The number of hydrogen-bond donors (Lipinski definition) is 3. The highest BCUT2D eigenvalue weighted by molar-refractivity contribution is 5.93. The number of aliphatic hydroxyl groups excluding tert-OH is 1. The molecule has 142 valence electrons. The number of carboxylic acid groups (broad SMARTS) is 2. The Morgan fingerprint density at radius 3 is 2.56 bits per heavy atom. The van der Waals surface area contributed by atoms with E-state index in [1.54, 1.807) is 4.90 Å². The average molecular weight is 374 g/mol. The third kappa shape index (κ3) is 3.61. The van der Waals surface area contributed by atoms with Crippen molar-refractivity contribution in [1.29, 1.82) is 0 Å². The Morgan fingerprint density at radius 2 is 1.93 bits per heavy atom. The number of piperidine rings is 1. The number of benzene rings is 1. The van der Waals surface area contributed by atoms with Crippen molar-refractivity contribution in [3.63, 3.8) is 0 Å². The number of aromatic nitrogens is 1. The zero-order valence-corrected chi connectivity index (χ0v) is 14.4. The van der Waals surface area contributed by atoms with Crippen LogP contribution >= 0.6 is 0 Å². The molecule has 1 aliphatic rings. The molecule has 1 saturated heterocycles. The topological polar surface area (TPSA) is 111 Å². The number of anilines is 1. The maximum absolute atomic E-state index is 13.2. The summed E-state index contributed by atoms with van der Waals surface area (Å²) >= 11 is 0. The van der Waals surface area contributed by atoms with Crippen LogP contribution in [0.2, 0.25) is 0 Å². The van der Waals surface area contributed by atoms with Gasteiger partial charge in [-0.15, -0.1) is 0 Å². The Labute approximate surface area is 154 Å². The average Bonchev–Trinajstić information content (AvgIpc) is 2.65. The lowest BCUT2D eigenvalue weighted by Crippen LogP contribution is -2.57. The van der Waals surface area contributed by atoms with Crippen LogP contribution < -0.4 is 4.90 Å². The predicted octanol–water partition coefficient (Wildman–Crippen LogP) is 1.80. The number of carbonyl (C=O) groups is 2. The second-order valence-electron chi connectivity index (χ2n) is 6.67. The summed E-state index contributed by atoms with van der Waals surface area (Å²) in [5.74, 6) is -2.63. The number of nitrogens with zero attached hydrogens (tertiary/aromatic N) is 2. The summed E-state index contributed by atoms with van der Waals surface area (Å²) in [5.41, 5.74) is -1.03. The molecule has 1 aliphatic heterocycles. The molecule has 1 aromatic carbocycles. The van der Waals surface area contributed by atoms with E-state index in [1.807, 2.05) is 0 Å². The van der Waals surface area contributed by atoms with Crippen molar-refractivity contribution in [3.8, 4) is 0 Å². The summed E-state index contributed by atoms with van der Waals surface area (Å²) in [7, 11) is 0. The zero-order chi connectivity index (χ0) is 19.6. The van der Waals surface area contributed by atoms with Crippen LogP contribution in [0.3, 0.4) is 0 Å². The van der Waals surface area contributed by atoms with Crippen LogP contribution in [0.5, 0.6) is 0 Å². The summed E-state index contributed by atoms with van der Waals surface area (Å²) in [4.78, 5) is 29.3. The van der Waals surface area contributed by atoms with E-state index >= 15 is 0 Å². The first-order valence-corrected chi connectivity index (χ1v) is 8.42. The number of aromatic carboxylic acids is 1. The summed E-state index contributed by atoms with van der Waals surface area (Å²) in [6, 6.07) is 8.33. The van der Waals surface area contributed by atoms with Crippen LogP contribution in [-0.4, -0.2) is 51.4 Å². The first-order chi connectivity index (χ1) is 12.8. The highest BCUT2D eigenvalue weighted by Crippen LogP contribution is 2.37. The van der Waals surface area contributed by atoms with E-state index < -0.39 is 29.3 Å². The fraction of sp³-hybridized carbons (Fsp3) is 0.316. The first kappa shape index (κ1) is 18.8. The van der Waals surface area contributed by atoms with E-state index in [0.717, 1.165) is 0 Å². The van der Waals surface area contributed by atoms with E-state index in [0.29, 0.717) is 5.56 Å². The predicted molar refractivity (Wildman–Crippen MR) is 94.2 cm³/mol. The van der Waals surface area contributed by atoms with E-state index in [1.165, 1.54) is 42.6 Å². The Kier molecular flexibility index (Phi) is 5.09. The third-order valence-electron chi connectivity index (χ3n) is 4.96. The number of hydrogen-bond acceptors (Lipinski definition) is 5. The monoisotopic (exact) mass is 374 g/mol. The molecule has 2 aromatic rings. The Hall–Kier alpha value is -3.00. The first-order valence-electron chi connectivity index (χ1n) is 8.42. The van der Waals surface area contributed by atoms with E-state index in [4.69, 9.17) is 0 Å². The van der Waals surface area contributed by atoms with E-state index in [2.05, 4.69) is 4.98 Å². The second kappa shape index (κ2) is 7.32. The van der Waals surface area contributed by atoms with Crippen molar-refractivity contribution in [1.82, 2.24) is 4.98 Å². The van der Waals surface area contributed by atoms with Crippen molar-refractivity contribution in [3.05, 3.63) is 59.5 Å². The van der Waals surface area contributed by atoms with Crippen molar-refractivity contribution in [2.45, 2.75) is 18.9 Å². The van der Waals surface area contributed by atoms with Crippen molar-refractivity contribution in [2.24, 2.45) is 5.41 Å². The molecule has 0 unspecified atom stereocenters. The van der Waals surface area contributed by atoms with Crippen LogP contribution in [0.4, 0.5) is 10.2 Å². The maximum Gasteiger partial charge on any atom is 0.339 e. The maximum atomic E-state index is 13.2. The van der Waals surface area contributed by atoms with E-state index in [9.17, 15) is 29.3 Å². The lowest BCUT2D eigenvalue weighted by Gasteiger charge is -2.44. The standard InChI is InChI=1S/C19H19FN2O5/c20-13-5-3-12(4-6-13)10-19(18(26)27)11-22(9-7-15(19)23)16-14(17(24)25)2-1-8-21-16/h1-6,8,15,23H,7,9-11H2,(H,24,25)(H,26,27)/t15-,19-/m1/s1. The van der Waals surface area contributed by atoms with Gasteiger partial charge in [0.15, 0.2) is 0 Å². The molecule has 1 fully saturated rings. The van der Waals surface area contributed by atoms with Gasteiger partial charge in [0.05, 0.1) is 6.10 Å². The van der Waals surface area contributed by atoms with Crippen molar-refractivity contribution < 1.29 is 29.3 Å². The SMILES string of the molecule is O=C(O)c1cccnc1N1CC[C@@H](O)[C@](Cc2ccc(F)cc2)(C(=O)O)C1. The molecule has 3 N–H and O–H groups in total. The Bertz CT molecular complexity index is 857. The number of halogens is 1. The number of rotatable bonds is 5. The molecule has 0 saturated carbocycles. The lowest BCUT2D eigenvalue weighted by atomic mass is 9.72. The van der Waals surface area contributed by atoms with Gasteiger partial charge in [-0.25, -0.2) is 14.2 Å². The summed E-state index contributed by atoms with van der Waals surface area (Å²) in [5, 5.41) is 29.8. The summed E-state index contributed by atoms with van der Waals surface area (Å²) < 4.78 is 13.2. The summed E-state index contributed by atoms with van der Waals surface area (Å²) in [6.07, 6.45) is 0.432. The minimum Gasteiger partial charge on any atom is -0.481 e. The van der Waals surface area contributed by atoms with Gasteiger partial charge in [-0.2, -0.15) is 0 Å². The van der Waals surface area contributed by atoms with Crippen molar-refractivity contribution in [2.75, 3.05) is 18.0 Å². The highest BCUT2D eigenvalue weighted by atomic mass is 19.1. The number of carboxylic acids is 2. The largest absolute Gasteiger partial charge is 0.481 e. The number of aliphatic carboxylic acids is 1. The quantitative estimate of drug-likeness (QED) is 0.732. The Balaban J connectivity index is 1.97. The molecule has 27 heavy (non-hydrogen) atoms. The summed E-state index contributed by atoms with van der Waals surface area (Å²) in [6.45, 7) is 0.162. The number of aliphatic hydroxyl groups is 1. The molecule has 0 radical (unpaired) electrons. The van der Waals surface area contributed by atoms with Gasteiger partial charge in [0.2, 0.25) is 0 Å². The van der Waals surface area contributed by atoms with Gasteiger partial charge >= 0.3 is 11.9 Å². The minimum absolute atomic E-state index is 0.0183. The van der Waals surface area contributed by atoms with Crippen molar-refractivity contribution >= 4 is 17.8 Å². The Morgan fingerprint density at radius 1 is 1.22 bits per heavy atom. The fourth-order valence-corrected chi connectivity index (χ4v) is 3.50. The van der Waals surface area contributed by atoms with Gasteiger partial charge in [0.1, 0.15) is 22.6 Å². The van der Waals surface area contributed by atoms with Gasteiger partial charge in [-0.05, 0) is 42.7 Å². The zero-order valence-electron chi connectivity index (χ0n) is 14.4. The molecule has 0 bridgehead atoms. The molecule has 7 nitrogen and oxygen atoms in total. The molecule has 0 amide bonds. The van der Waals surface area contributed by atoms with Crippen LogP contribution in [0.15, 0.2) is 42.6 Å². The molecular weight excluding hydrogens is 355 g/mol. The highest BCUT2D eigenvalue weighted by Gasteiger charge is 2.50. The minimum atomic E-state index is -1.57. The van der Waals surface area contributed by atoms with E-state index in [-0.39, 0.29) is 37.3 Å². The molecule has 2 atom stereocenters. The molecule has 3 rings (SSSR count). The van der Waals surface area contributed by atoms with Crippen LogP contribution in [-0.2, 0) is 11.2 Å². The molecule has 2 heterocycles. The fourth-order valence-electron chi connectivity index (χ4n) is 3.50. The smallest absolute Gasteiger partial charge is 0.339 e. The normalized spacial score (nSPS) is 22.4. The third-order valence-corrected chi connectivity index (χ3v) is 4.96. The molecule has 1 aromatic heterocycles. The number of pyridine rings is 1. The van der Waals surface area contributed by atoms with Crippen LogP contribution in [0.1, 0.15) is 22.3 Å². The second-order valence-corrected chi connectivity index (χ2v) is 6.67. The van der Waals surface area contributed by atoms with Gasteiger partial charge < -0.3 is 20.2 Å². The molecule has 0 spiro atoms. The van der Waals surface area contributed by atoms with Gasteiger partial charge in [0.25, 0.3) is 0 Å².